The quantitative estimate of drug-likeness (QED) is 0.403. The van der Waals surface area contributed by atoms with Gasteiger partial charge in [0, 0.05) is 15.2 Å². The molecule has 0 atom stereocenters. The molecule has 0 saturated heterocycles. The number of anilines is 2. The average Bonchev–Trinajstić information content (AvgIpc) is 2.76. The zero-order valence-corrected chi connectivity index (χ0v) is 20.7. The molecular formula is C23H22BrClN2O4S. The van der Waals surface area contributed by atoms with E-state index in [-0.39, 0.29) is 10.6 Å². The second-order valence-electron chi connectivity index (χ2n) is 6.88. The van der Waals surface area contributed by atoms with Crippen LogP contribution < -0.4 is 14.4 Å². The van der Waals surface area contributed by atoms with Gasteiger partial charge in [-0.1, -0.05) is 39.7 Å². The molecule has 168 valence electrons. The van der Waals surface area contributed by atoms with Crippen LogP contribution in [0.5, 0.6) is 5.75 Å². The van der Waals surface area contributed by atoms with Gasteiger partial charge in [-0.05, 0) is 74.0 Å². The molecule has 0 fully saturated rings. The highest BCUT2D eigenvalue weighted by Gasteiger charge is 2.29. The Morgan fingerprint density at radius 1 is 1.09 bits per heavy atom. The van der Waals surface area contributed by atoms with Crippen LogP contribution in [0.2, 0.25) is 5.02 Å². The first kappa shape index (κ1) is 24.1. The minimum atomic E-state index is -4.09. The largest absolute Gasteiger partial charge is 0.492 e. The van der Waals surface area contributed by atoms with Crippen LogP contribution in [0.1, 0.15) is 12.5 Å². The molecule has 1 amide bonds. The summed E-state index contributed by atoms with van der Waals surface area (Å²) in [6.07, 6.45) is 0. The Labute approximate surface area is 201 Å². The van der Waals surface area contributed by atoms with E-state index in [2.05, 4.69) is 21.2 Å². The van der Waals surface area contributed by atoms with Gasteiger partial charge in [-0.2, -0.15) is 0 Å². The standard InChI is InChI=1S/C23H22BrClN2O4S/c1-3-31-22-7-5-4-6-21(22)27(32(29,30)19-11-8-17(25)9-12-19)15-23(28)26-18-10-13-20(24)16(2)14-18/h4-14H,3,15H2,1-2H3,(H,26,28). The highest BCUT2D eigenvalue weighted by Crippen LogP contribution is 2.33. The first-order valence-corrected chi connectivity index (χ1v) is 12.4. The zero-order valence-electron chi connectivity index (χ0n) is 17.5. The number of rotatable bonds is 8. The van der Waals surface area contributed by atoms with Gasteiger partial charge in [0.25, 0.3) is 10.0 Å². The Morgan fingerprint density at radius 3 is 2.44 bits per heavy atom. The van der Waals surface area contributed by atoms with E-state index in [0.717, 1.165) is 14.3 Å². The maximum absolute atomic E-state index is 13.5. The minimum absolute atomic E-state index is 0.0143. The lowest BCUT2D eigenvalue weighted by Gasteiger charge is -2.26. The van der Waals surface area contributed by atoms with Crippen LogP contribution in [0.3, 0.4) is 0 Å². The topological polar surface area (TPSA) is 75.7 Å². The zero-order chi connectivity index (χ0) is 23.3. The molecule has 3 rings (SSSR count). The maximum atomic E-state index is 13.5. The molecule has 3 aromatic rings. The van der Waals surface area contributed by atoms with Crippen LogP contribution in [0.15, 0.2) is 76.1 Å². The lowest BCUT2D eigenvalue weighted by atomic mass is 10.2. The summed E-state index contributed by atoms with van der Waals surface area (Å²) in [7, 11) is -4.09. The Hall–Kier alpha value is -2.55. The van der Waals surface area contributed by atoms with Crippen LogP contribution in [0, 0.1) is 6.92 Å². The third-order valence-corrected chi connectivity index (χ3v) is 7.48. The average molecular weight is 538 g/mol. The van der Waals surface area contributed by atoms with Gasteiger partial charge in [0.2, 0.25) is 5.91 Å². The molecule has 0 spiro atoms. The molecular weight excluding hydrogens is 516 g/mol. The Balaban J connectivity index is 1.99. The van der Waals surface area contributed by atoms with Crippen molar-refractivity contribution in [2.24, 2.45) is 0 Å². The second kappa shape index (κ2) is 10.4. The van der Waals surface area contributed by atoms with Gasteiger partial charge in [0.1, 0.15) is 12.3 Å². The predicted molar refractivity (Wildman–Crippen MR) is 131 cm³/mol. The van der Waals surface area contributed by atoms with E-state index in [1.54, 1.807) is 43.3 Å². The minimum Gasteiger partial charge on any atom is -0.492 e. The van der Waals surface area contributed by atoms with Crippen molar-refractivity contribution in [3.8, 4) is 5.75 Å². The van der Waals surface area contributed by atoms with Crippen molar-refractivity contribution >= 4 is 54.8 Å². The molecule has 0 bridgehead atoms. The first-order chi connectivity index (χ1) is 15.2. The number of carbonyl (C=O) groups excluding carboxylic acids is 1. The number of halogens is 2. The lowest BCUT2D eigenvalue weighted by molar-refractivity contribution is -0.114. The summed E-state index contributed by atoms with van der Waals surface area (Å²) in [6.45, 7) is 3.60. The number of nitrogens with one attached hydrogen (secondary N) is 1. The van der Waals surface area contributed by atoms with E-state index in [0.29, 0.717) is 23.1 Å². The number of ether oxygens (including phenoxy) is 1. The Bertz CT molecular complexity index is 1220. The Kier molecular flexibility index (Phi) is 7.82. The molecule has 9 heteroatoms. The molecule has 3 aromatic carbocycles. The van der Waals surface area contributed by atoms with E-state index in [1.807, 2.05) is 13.0 Å². The highest BCUT2D eigenvalue weighted by atomic mass is 79.9. The van der Waals surface area contributed by atoms with Crippen LogP contribution in [0.25, 0.3) is 0 Å². The molecule has 0 unspecified atom stereocenters. The normalized spacial score (nSPS) is 11.1. The van der Waals surface area contributed by atoms with Crippen LogP contribution >= 0.6 is 27.5 Å². The van der Waals surface area contributed by atoms with Crippen LogP contribution in [0.4, 0.5) is 11.4 Å². The highest BCUT2D eigenvalue weighted by molar-refractivity contribution is 9.10. The molecule has 0 saturated carbocycles. The molecule has 6 nitrogen and oxygen atoms in total. The summed E-state index contributed by atoms with van der Waals surface area (Å²) >= 11 is 9.35. The molecule has 1 N–H and O–H groups in total. The van der Waals surface area contributed by atoms with Gasteiger partial charge in [0.15, 0.2) is 0 Å². The van der Waals surface area contributed by atoms with Gasteiger partial charge in [0.05, 0.1) is 17.2 Å². The van der Waals surface area contributed by atoms with Gasteiger partial charge < -0.3 is 10.1 Å². The van der Waals surface area contributed by atoms with E-state index < -0.39 is 22.5 Å². The fraction of sp³-hybridized carbons (Fsp3) is 0.174. The molecule has 0 aromatic heterocycles. The van der Waals surface area contributed by atoms with Crippen molar-refractivity contribution in [1.29, 1.82) is 0 Å². The Morgan fingerprint density at radius 2 is 1.78 bits per heavy atom. The SMILES string of the molecule is CCOc1ccccc1N(CC(=O)Nc1ccc(Br)c(C)c1)S(=O)(=O)c1ccc(Cl)cc1. The summed E-state index contributed by atoms with van der Waals surface area (Å²) < 4.78 is 34.6. The summed E-state index contributed by atoms with van der Waals surface area (Å²) in [4.78, 5) is 12.9. The number of aryl methyl sites for hydroxylation is 1. The number of sulfonamides is 1. The number of amides is 1. The molecule has 0 aliphatic heterocycles. The lowest BCUT2D eigenvalue weighted by Crippen LogP contribution is -2.38. The number of hydrogen-bond donors (Lipinski definition) is 1. The van der Waals surface area contributed by atoms with Crippen molar-refractivity contribution < 1.29 is 17.9 Å². The number of benzene rings is 3. The molecule has 0 aliphatic carbocycles. The molecule has 32 heavy (non-hydrogen) atoms. The summed E-state index contributed by atoms with van der Waals surface area (Å²) in [6, 6.07) is 17.9. The number of nitrogens with zero attached hydrogens (tertiary/aromatic N) is 1. The van der Waals surface area contributed by atoms with Crippen molar-refractivity contribution in [2.75, 3.05) is 22.8 Å². The van der Waals surface area contributed by atoms with Gasteiger partial charge in [-0.15, -0.1) is 0 Å². The van der Waals surface area contributed by atoms with Gasteiger partial charge in [-0.25, -0.2) is 8.42 Å². The monoisotopic (exact) mass is 536 g/mol. The summed E-state index contributed by atoms with van der Waals surface area (Å²) in [5, 5.41) is 3.18. The van der Waals surface area contributed by atoms with E-state index in [1.165, 1.54) is 24.3 Å². The summed E-state index contributed by atoms with van der Waals surface area (Å²) in [5.41, 5.74) is 1.78. The maximum Gasteiger partial charge on any atom is 0.264 e. The van der Waals surface area contributed by atoms with Gasteiger partial charge >= 0.3 is 0 Å². The number of para-hydroxylation sites is 2. The van der Waals surface area contributed by atoms with E-state index in [4.69, 9.17) is 16.3 Å². The van der Waals surface area contributed by atoms with Crippen LogP contribution in [-0.4, -0.2) is 27.5 Å². The third kappa shape index (κ3) is 5.62. The number of hydrogen-bond acceptors (Lipinski definition) is 4. The molecule has 0 aliphatic rings. The molecule has 0 heterocycles. The van der Waals surface area contributed by atoms with E-state index in [9.17, 15) is 13.2 Å². The van der Waals surface area contributed by atoms with Crippen molar-refractivity contribution in [3.63, 3.8) is 0 Å². The fourth-order valence-corrected chi connectivity index (χ4v) is 4.83. The fourth-order valence-electron chi connectivity index (χ4n) is 3.03. The van der Waals surface area contributed by atoms with Crippen molar-refractivity contribution in [1.82, 2.24) is 0 Å². The van der Waals surface area contributed by atoms with E-state index >= 15 is 0 Å². The summed E-state index contributed by atoms with van der Waals surface area (Å²) in [5.74, 6) is -0.129. The molecule has 0 radical (unpaired) electrons. The van der Waals surface area contributed by atoms with Crippen LogP contribution in [-0.2, 0) is 14.8 Å². The van der Waals surface area contributed by atoms with Crippen molar-refractivity contribution in [2.45, 2.75) is 18.7 Å². The van der Waals surface area contributed by atoms with Crippen molar-refractivity contribution in [3.05, 3.63) is 81.8 Å². The first-order valence-electron chi connectivity index (χ1n) is 9.78. The third-order valence-electron chi connectivity index (χ3n) is 4.56. The number of carbonyl (C=O) groups is 1. The van der Waals surface area contributed by atoms with Gasteiger partial charge in [-0.3, -0.25) is 9.10 Å². The smallest absolute Gasteiger partial charge is 0.264 e. The second-order valence-corrected chi connectivity index (χ2v) is 10.0. The predicted octanol–water partition coefficient (Wildman–Crippen LogP) is 5.64.